The fourth-order valence-corrected chi connectivity index (χ4v) is 2.72. The molecule has 0 fully saturated rings. The standard InChI is InChI=1S/C20H16O6/c1-11(20(23)24)26-19-12(6-5-9-16(19)25-2)10-15-17(21)13-7-3-4-8-14(13)18(15)22/h3-11H,1-2H3,(H,23,24)/t11-/m1/s1. The molecule has 6 heteroatoms. The molecule has 0 bridgehead atoms. The van der Waals surface area contributed by atoms with Gasteiger partial charge in [-0.05, 0) is 19.1 Å². The molecule has 3 rings (SSSR count). The van der Waals surface area contributed by atoms with Crippen LogP contribution in [0.2, 0.25) is 0 Å². The van der Waals surface area contributed by atoms with Crippen LogP contribution < -0.4 is 9.47 Å². The Morgan fingerprint density at radius 1 is 1.04 bits per heavy atom. The predicted octanol–water partition coefficient (Wildman–Crippen LogP) is 3.01. The summed E-state index contributed by atoms with van der Waals surface area (Å²) in [6.45, 7) is 1.38. The summed E-state index contributed by atoms with van der Waals surface area (Å²) in [5.74, 6) is -1.41. The Kier molecular flexibility index (Phi) is 4.58. The molecule has 26 heavy (non-hydrogen) atoms. The molecule has 0 spiro atoms. The van der Waals surface area contributed by atoms with E-state index in [0.717, 1.165) is 0 Å². The van der Waals surface area contributed by atoms with Crippen molar-refractivity contribution in [1.82, 2.24) is 0 Å². The third kappa shape index (κ3) is 2.97. The van der Waals surface area contributed by atoms with Gasteiger partial charge >= 0.3 is 5.97 Å². The molecule has 0 heterocycles. The van der Waals surface area contributed by atoms with Gasteiger partial charge in [0.1, 0.15) is 0 Å². The van der Waals surface area contributed by atoms with Crippen molar-refractivity contribution in [2.24, 2.45) is 0 Å². The molecule has 0 amide bonds. The lowest BCUT2D eigenvalue weighted by Crippen LogP contribution is -2.23. The number of hydrogen-bond donors (Lipinski definition) is 1. The smallest absolute Gasteiger partial charge is 0.344 e. The Bertz CT molecular complexity index is 904. The van der Waals surface area contributed by atoms with Crippen LogP contribution in [0.15, 0.2) is 48.0 Å². The quantitative estimate of drug-likeness (QED) is 0.657. The lowest BCUT2D eigenvalue weighted by atomic mass is 10.1. The SMILES string of the molecule is COc1cccc(C=C2C(=O)c3ccccc3C2=O)c1O[C@H](C)C(=O)O. The second-order valence-electron chi connectivity index (χ2n) is 5.74. The topological polar surface area (TPSA) is 89.9 Å². The molecule has 0 aliphatic heterocycles. The second-order valence-corrected chi connectivity index (χ2v) is 5.74. The number of carbonyl (C=O) groups excluding carboxylic acids is 2. The van der Waals surface area contributed by atoms with Crippen LogP contribution in [0.3, 0.4) is 0 Å². The molecule has 2 aromatic carbocycles. The number of para-hydroxylation sites is 1. The third-order valence-corrected chi connectivity index (χ3v) is 4.08. The summed E-state index contributed by atoms with van der Waals surface area (Å²) in [4.78, 5) is 36.2. The van der Waals surface area contributed by atoms with Crippen molar-refractivity contribution < 1.29 is 29.0 Å². The van der Waals surface area contributed by atoms with Crippen molar-refractivity contribution >= 4 is 23.6 Å². The fourth-order valence-electron chi connectivity index (χ4n) is 2.72. The van der Waals surface area contributed by atoms with Gasteiger partial charge in [-0.3, -0.25) is 9.59 Å². The van der Waals surface area contributed by atoms with Crippen molar-refractivity contribution in [3.63, 3.8) is 0 Å². The minimum atomic E-state index is -1.14. The van der Waals surface area contributed by atoms with E-state index in [1.807, 2.05) is 0 Å². The van der Waals surface area contributed by atoms with Gasteiger partial charge in [0.25, 0.3) is 0 Å². The van der Waals surface area contributed by atoms with Crippen LogP contribution in [0.1, 0.15) is 33.2 Å². The molecule has 0 saturated heterocycles. The van der Waals surface area contributed by atoms with Gasteiger partial charge in [0.2, 0.25) is 0 Å². The zero-order valence-electron chi connectivity index (χ0n) is 14.2. The number of hydrogen-bond acceptors (Lipinski definition) is 5. The lowest BCUT2D eigenvalue weighted by Gasteiger charge is -2.16. The Balaban J connectivity index is 2.08. The van der Waals surface area contributed by atoms with Gasteiger partial charge in [-0.15, -0.1) is 0 Å². The van der Waals surface area contributed by atoms with E-state index >= 15 is 0 Å². The number of carboxylic acids is 1. The van der Waals surface area contributed by atoms with Crippen LogP contribution in [0.4, 0.5) is 0 Å². The van der Waals surface area contributed by atoms with E-state index in [1.54, 1.807) is 42.5 Å². The van der Waals surface area contributed by atoms with Crippen LogP contribution in [-0.4, -0.2) is 35.9 Å². The van der Waals surface area contributed by atoms with Crippen molar-refractivity contribution in [2.45, 2.75) is 13.0 Å². The predicted molar refractivity (Wildman–Crippen MR) is 93.8 cm³/mol. The Morgan fingerprint density at radius 2 is 1.65 bits per heavy atom. The maximum atomic E-state index is 12.6. The van der Waals surface area contributed by atoms with Gasteiger partial charge in [0, 0.05) is 16.7 Å². The van der Waals surface area contributed by atoms with Gasteiger partial charge < -0.3 is 14.6 Å². The molecule has 0 unspecified atom stereocenters. The zero-order valence-corrected chi connectivity index (χ0v) is 14.2. The number of Topliss-reactive ketones (excluding diaryl/α,β-unsaturated/α-hetero) is 2. The molecule has 1 atom stereocenters. The molecule has 132 valence electrons. The number of benzene rings is 2. The number of carbonyl (C=O) groups is 3. The van der Waals surface area contributed by atoms with Crippen molar-refractivity contribution in [3.8, 4) is 11.5 Å². The van der Waals surface area contributed by atoms with E-state index in [1.165, 1.54) is 20.1 Å². The zero-order chi connectivity index (χ0) is 18.8. The summed E-state index contributed by atoms with van der Waals surface area (Å²) in [7, 11) is 1.42. The van der Waals surface area contributed by atoms with Crippen LogP contribution in [-0.2, 0) is 4.79 Å². The first-order chi connectivity index (χ1) is 12.4. The first-order valence-electron chi connectivity index (χ1n) is 7.90. The summed E-state index contributed by atoms with van der Waals surface area (Å²) < 4.78 is 10.7. The summed E-state index contributed by atoms with van der Waals surface area (Å²) in [5, 5.41) is 9.10. The fraction of sp³-hybridized carbons (Fsp3) is 0.150. The van der Waals surface area contributed by atoms with Gasteiger partial charge in [-0.2, -0.15) is 0 Å². The molecule has 0 saturated carbocycles. The van der Waals surface area contributed by atoms with Gasteiger partial charge in [-0.1, -0.05) is 36.4 Å². The third-order valence-electron chi connectivity index (χ3n) is 4.08. The highest BCUT2D eigenvalue weighted by atomic mass is 16.5. The normalized spacial score (nSPS) is 14.0. The molecule has 1 aliphatic carbocycles. The first kappa shape index (κ1) is 17.4. The largest absolute Gasteiger partial charge is 0.493 e. The number of ether oxygens (including phenoxy) is 2. The van der Waals surface area contributed by atoms with Gasteiger partial charge in [0.15, 0.2) is 29.2 Å². The van der Waals surface area contributed by atoms with E-state index in [-0.39, 0.29) is 22.9 Å². The summed E-state index contributed by atoms with van der Waals surface area (Å²) in [6, 6.07) is 11.5. The summed E-state index contributed by atoms with van der Waals surface area (Å²) in [5.41, 5.74) is 1.11. The average molecular weight is 352 g/mol. The number of carboxylic acid groups (broad SMARTS) is 1. The summed E-state index contributed by atoms with van der Waals surface area (Å²) in [6.07, 6.45) is 0.285. The van der Waals surface area contributed by atoms with E-state index < -0.39 is 12.1 Å². The number of ketones is 2. The van der Waals surface area contributed by atoms with E-state index in [9.17, 15) is 14.4 Å². The number of aliphatic carboxylic acids is 1. The summed E-state index contributed by atoms with van der Waals surface area (Å²) >= 11 is 0. The highest BCUT2D eigenvalue weighted by molar-refractivity contribution is 6.41. The maximum Gasteiger partial charge on any atom is 0.344 e. The van der Waals surface area contributed by atoms with E-state index in [0.29, 0.717) is 22.4 Å². The van der Waals surface area contributed by atoms with Crippen molar-refractivity contribution in [1.29, 1.82) is 0 Å². The molecule has 1 aliphatic rings. The Labute approximate surface area is 149 Å². The highest BCUT2D eigenvalue weighted by Gasteiger charge is 2.33. The van der Waals surface area contributed by atoms with E-state index in [4.69, 9.17) is 14.6 Å². The molecular weight excluding hydrogens is 336 g/mol. The highest BCUT2D eigenvalue weighted by Crippen LogP contribution is 2.35. The molecule has 2 aromatic rings. The lowest BCUT2D eigenvalue weighted by molar-refractivity contribution is -0.144. The molecular formula is C20H16O6. The second kappa shape index (κ2) is 6.84. The monoisotopic (exact) mass is 352 g/mol. The van der Waals surface area contributed by atoms with Gasteiger partial charge in [-0.25, -0.2) is 4.79 Å². The Hall–Kier alpha value is -3.41. The van der Waals surface area contributed by atoms with Crippen LogP contribution >= 0.6 is 0 Å². The van der Waals surface area contributed by atoms with Crippen molar-refractivity contribution in [3.05, 3.63) is 64.7 Å². The van der Waals surface area contributed by atoms with Crippen LogP contribution in [0, 0.1) is 0 Å². The molecule has 1 N–H and O–H groups in total. The van der Waals surface area contributed by atoms with Crippen molar-refractivity contribution in [2.75, 3.05) is 7.11 Å². The minimum Gasteiger partial charge on any atom is -0.493 e. The Morgan fingerprint density at radius 3 is 2.19 bits per heavy atom. The van der Waals surface area contributed by atoms with Crippen LogP contribution in [0.5, 0.6) is 11.5 Å². The molecule has 0 radical (unpaired) electrons. The number of allylic oxidation sites excluding steroid dienone is 1. The van der Waals surface area contributed by atoms with E-state index in [2.05, 4.69) is 0 Å². The minimum absolute atomic E-state index is 0.00674. The number of rotatable bonds is 5. The molecule has 6 nitrogen and oxygen atoms in total. The molecule has 0 aromatic heterocycles. The maximum absolute atomic E-state index is 12.6. The average Bonchev–Trinajstić information content (AvgIpc) is 2.88. The van der Waals surface area contributed by atoms with Crippen LogP contribution in [0.25, 0.3) is 6.08 Å². The number of methoxy groups -OCH3 is 1. The first-order valence-corrected chi connectivity index (χ1v) is 7.90. The number of fused-ring (bicyclic) bond motifs is 1. The van der Waals surface area contributed by atoms with Gasteiger partial charge in [0.05, 0.1) is 12.7 Å².